The fraction of sp³-hybridized carbons (Fsp3) is 0.105. The van der Waals surface area contributed by atoms with Crippen LogP contribution in [-0.2, 0) is 5.75 Å². The summed E-state index contributed by atoms with van der Waals surface area (Å²) in [5.74, 6) is 0.886. The van der Waals surface area contributed by atoms with Gasteiger partial charge in [-0.25, -0.2) is 4.98 Å². The Morgan fingerprint density at radius 3 is 2.32 bits per heavy atom. The van der Waals surface area contributed by atoms with E-state index >= 15 is 0 Å². The molecule has 0 saturated heterocycles. The number of nitrogens with zero attached hydrogens (tertiary/aromatic N) is 5. The number of para-hydroxylation sites is 1. The van der Waals surface area contributed by atoms with E-state index in [4.69, 9.17) is 11.5 Å². The summed E-state index contributed by atoms with van der Waals surface area (Å²) in [5, 5.41) is 1.09. The third-order valence-electron chi connectivity index (χ3n) is 4.08. The molecule has 0 spiro atoms. The number of nitrogens with two attached hydrogens (primary N) is 2. The summed E-state index contributed by atoms with van der Waals surface area (Å²) in [6, 6.07) is 15.0. The highest BCUT2D eigenvalue weighted by Crippen LogP contribution is 2.24. The number of aromatic nitrogens is 5. The summed E-state index contributed by atoms with van der Waals surface area (Å²) in [7, 11) is 0. The fourth-order valence-electron chi connectivity index (χ4n) is 2.78. The van der Waals surface area contributed by atoms with Crippen LogP contribution in [0.2, 0.25) is 0 Å². The lowest BCUT2D eigenvalue weighted by atomic mass is 10.2. The van der Waals surface area contributed by atoms with Crippen molar-refractivity contribution in [2.75, 3.05) is 11.5 Å². The van der Waals surface area contributed by atoms with Gasteiger partial charge in [-0.1, -0.05) is 41.6 Å². The molecule has 9 heteroatoms. The summed E-state index contributed by atoms with van der Waals surface area (Å²) >= 11 is 1.33. The van der Waals surface area contributed by atoms with Crippen LogP contribution in [0.25, 0.3) is 16.6 Å². The largest absolute Gasteiger partial charge is 0.368 e. The molecule has 28 heavy (non-hydrogen) atoms. The van der Waals surface area contributed by atoms with Crippen molar-refractivity contribution in [1.82, 2.24) is 24.5 Å². The van der Waals surface area contributed by atoms with Gasteiger partial charge in [0.05, 0.1) is 22.3 Å². The van der Waals surface area contributed by atoms with Gasteiger partial charge in [-0.15, -0.1) is 0 Å². The zero-order chi connectivity index (χ0) is 19.7. The number of benzene rings is 2. The van der Waals surface area contributed by atoms with E-state index in [1.807, 2.05) is 49.4 Å². The Bertz CT molecular complexity index is 1200. The van der Waals surface area contributed by atoms with Crippen molar-refractivity contribution in [2.24, 2.45) is 0 Å². The Kier molecular flexibility index (Phi) is 4.66. The van der Waals surface area contributed by atoms with Crippen LogP contribution >= 0.6 is 11.8 Å². The smallest absolute Gasteiger partial charge is 0.266 e. The molecular weight excluding hydrogens is 374 g/mol. The first kappa shape index (κ1) is 17.9. The lowest BCUT2D eigenvalue weighted by Crippen LogP contribution is -2.21. The van der Waals surface area contributed by atoms with Gasteiger partial charge in [0.2, 0.25) is 11.9 Å². The lowest BCUT2D eigenvalue weighted by molar-refractivity contribution is 0.818. The molecule has 4 N–H and O–H groups in total. The summed E-state index contributed by atoms with van der Waals surface area (Å²) in [6.07, 6.45) is 0. The van der Waals surface area contributed by atoms with Gasteiger partial charge in [-0.05, 0) is 31.2 Å². The van der Waals surface area contributed by atoms with E-state index in [-0.39, 0.29) is 17.5 Å². The van der Waals surface area contributed by atoms with E-state index in [0.29, 0.717) is 27.6 Å². The van der Waals surface area contributed by atoms with E-state index in [9.17, 15) is 4.79 Å². The molecule has 0 unspecified atom stereocenters. The van der Waals surface area contributed by atoms with Crippen LogP contribution in [0.4, 0.5) is 11.9 Å². The number of aryl methyl sites for hydroxylation is 1. The molecule has 0 aliphatic heterocycles. The molecule has 0 saturated carbocycles. The number of nitrogen functional groups attached to an aromatic ring is 2. The van der Waals surface area contributed by atoms with Gasteiger partial charge in [-0.3, -0.25) is 9.36 Å². The number of hydrogen-bond donors (Lipinski definition) is 2. The Hall–Kier alpha value is -3.46. The number of anilines is 2. The molecule has 4 aromatic rings. The highest BCUT2D eigenvalue weighted by molar-refractivity contribution is 7.98. The SMILES string of the molecule is Cc1ccc(-n2c(SCc3nc(N)nc(N)n3)nc3ccccc3c2=O)cc1. The van der Waals surface area contributed by atoms with E-state index in [0.717, 1.165) is 11.3 Å². The molecule has 8 nitrogen and oxygen atoms in total. The highest BCUT2D eigenvalue weighted by Gasteiger charge is 2.14. The maximum Gasteiger partial charge on any atom is 0.266 e. The monoisotopic (exact) mass is 391 g/mol. The van der Waals surface area contributed by atoms with Crippen LogP contribution in [0.3, 0.4) is 0 Å². The van der Waals surface area contributed by atoms with Crippen molar-refractivity contribution in [3.63, 3.8) is 0 Å². The normalized spacial score (nSPS) is 11.0. The van der Waals surface area contributed by atoms with Crippen LogP contribution in [0.15, 0.2) is 58.5 Å². The van der Waals surface area contributed by atoms with Crippen LogP contribution in [0.1, 0.15) is 11.4 Å². The van der Waals surface area contributed by atoms with E-state index in [2.05, 4.69) is 19.9 Å². The zero-order valence-corrected chi connectivity index (χ0v) is 15.8. The van der Waals surface area contributed by atoms with Crippen molar-refractivity contribution < 1.29 is 0 Å². The van der Waals surface area contributed by atoms with E-state index in [1.165, 1.54) is 11.8 Å². The third-order valence-corrected chi connectivity index (χ3v) is 5.02. The lowest BCUT2D eigenvalue weighted by Gasteiger charge is -2.13. The third kappa shape index (κ3) is 3.52. The minimum Gasteiger partial charge on any atom is -0.368 e. The summed E-state index contributed by atoms with van der Waals surface area (Å²) < 4.78 is 1.60. The summed E-state index contributed by atoms with van der Waals surface area (Å²) in [6.45, 7) is 2.00. The molecular formula is C19H17N7OS. The molecule has 2 aromatic heterocycles. The first-order valence-electron chi connectivity index (χ1n) is 8.49. The van der Waals surface area contributed by atoms with Crippen molar-refractivity contribution in [1.29, 1.82) is 0 Å². The maximum absolute atomic E-state index is 13.2. The van der Waals surface area contributed by atoms with Gasteiger partial charge >= 0.3 is 0 Å². The first-order chi connectivity index (χ1) is 13.5. The van der Waals surface area contributed by atoms with E-state index in [1.54, 1.807) is 10.6 Å². The minimum absolute atomic E-state index is 0.0606. The molecule has 0 aliphatic rings. The zero-order valence-electron chi connectivity index (χ0n) is 15.0. The quantitative estimate of drug-likeness (QED) is 0.401. The van der Waals surface area contributed by atoms with Gasteiger partial charge in [-0.2, -0.15) is 15.0 Å². The minimum atomic E-state index is -0.133. The second-order valence-corrected chi connectivity index (χ2v) is 7.09. The molecule has 0 fully saturated rings. The van der Waals surface area contributed by atoms with Gasteiger partial charge in [0, 0.05) is 0 Å². The average Bonchev–Trinajstić information content (AvgIpc) is 2.67. The van der Waals surface area contributed by atoms with Crippen molar-refractivity contribution in [2.45, 2.75) is 17.8 Å². The maximum atomic E-state index is 13.2. The Morgan fingerprint density at radius 1 is 0.929 bits per heavy atom. The number of thioether (sulfide) groups is 1. The van der Waals surface area contributed by atoms with Crippen molar-refractivity contribution in [3.8, 4) is 5.69 Å². The molecule has 0 radical (unpaired) electrons. The second-order valence-electron chi connectivity index (χ2n) is 6.14. The van der Waals surface area contributed by atoms with Gasteiger partial charge in [0.15, 0.2) is 5.16 Å². The van der Waals surface area contributed by atoms with Gasteiger partial charge < -0.3 is 11.5 Å². The number of hydrogen-bond acceptors (Lipinski definition) is 8. The average molecular weight is 391 g/mol. The molecule has 0 amide bonds. The molecule has 2 aromatic carbocycles. The second kappa shape index (κ2) is 7.28. The van der Waals surface area contributed by atoms with Crippen LogP contribution < -0.4 is 17.0 Å². The Labute approximate surface area is 164 Å². The van der Waals surface area contributed by atoms with Crippen LogP contribution in [-0.4, -0.2) is 24.5 Å². The van der Waals surface area contributed by atoms with Gasteiger partial charge in [0.1, 0.15) is 5.82 Å². The van der Waals surface area contributed by atoms with Crippen LogP contribution in [0, 0.1) is 6.92 Å². The Balaban J connectivity index is 1.82. The first-order valence-corrected chi connectivity index (χ1v) is 9.47. The van der Waals surface area contributed by atoms with Crippen molar-refractivity contribution in [3.05, 3.63) is 70.3 Å². The highest BCUT2D eigenvalue weighted by atomic mass is 32.2. The van der Waals surface area contributed by atoms with Crippen molar-refractivity contribution >= 4 is 34.6 Å². The standard InChI is InChI=1S/C19H17N7OS/c1-11-6-8-12(9-7-11)26-16(27)13-4-2-3-5-14(13)22-19(26)28-10-15-23-17(20)25-18(21)24-15/h2-9H,10H2,1H3,(H4,20,21,23,24,25). The summed E-state index contributed by atoms with van der Waals surface area (Å²) in [4.78, 5) is 29.8. The molecule has 4 rings (SSSR count). The molecule has 140 valence electrons. The predicted octanol–water partition coefficient (Wildman–Crippen LogP) is 2.34. The summed E-state index contributed by atoms with van der Waals surface area (Å²) in [5.41, 5.74) is 13.6. The Morgan fingerprint density at radius 2 is 1.61 bits per heavy atom. The molecule has 0 bridgehead atoms. The molecule has 0 atom stereocenters. The number of rotatable bonds is 4. The van der Waals surface area contributed by atoms with Crippen LogP contribution in [0.5, 0.6) is 0 Å². The van der Waals surface area contributed by atoms with E-state index < -0.39 is 0 Å². The molecule has 2 heterocycles. The predicted molar refractivity (Wildman–Crippen MR) is 110 cm³/mol. The fourth-order valence-corrected chi connectivity index (χ4v) is 3.65. The number of fused-ring (bicyclic) bond motifs is 1. The van der Waals surface area contributed by atoms with Gasteiger partial charge in [0.25, 0.3) is 5.56 Å². The molecule has 0 aliphatic carbocycles. The topological polar surface area (TPSA) is 126 Å².